The van der Waals surface area contributed by atoms with Crippen LogP contribution in [0.15, 0.2) is 0 Å². The van der Waals surface area contributed by atoms with Gasteiger partial charge in [-0.25, -0.2) is 17.6 Å². The van der Waals surface area contributed by atoms with E-state index >= 15 is 0 Å². The monoisotopic (exact) mass is 414 g/mol. The molecule has 0 amide bonds. The third kappa shape index (κ3) is 4.52. The van der Waals surface area contributed by atoms with E-state index in [9.17, 15) is 48.3 Å². The van der Waals surface area contributed by atoms with Crippen molar-refractivity contribution in [1.82, 2.24) is 0 Å². The van der Waals surface area contributed by atoms with Gasteiger partial charge in [0.1, 0.15) is 5.60 Å². The molecule has 13 heteroatoms. The van der Waals surface area contributed by atoms with E-state index in [1.807, 2.05) is 0 Å². The van der Waals surface area contributed by atoms with Gasteiger partial charge in [-0.1, -0.05) is 13.8 Å². The van der Waals surface area contributed by atoms with Gasteiger partial charge >= 0.3 is 18.4 Å². The van der Waals surface area contributed by atoms with E-state index in [1.54, 1.807) is 0 Å². The van der Waals surface area contributed by atoms with Crippen LogP contribution in [-0.4, -0.2) is 41.9 Å². The van der Waals surface area contributed by atoms with Crippen molar-refractivity contribution in [2.75, 3.05) is 0 Å². The lowest BCUT2D eigenvalue weighted by Crippen LogP contribution is -2.67. The van der Waals surface area contributed by atoms with Gasteiger partial charge in [0.05, 0.1) is 0 Å². The number of ether oxygens (including phenoxy) is 2. The van der Waals surface area contributed by atoms with Gasteiger partial charge < -0.3 is 4.74 Å². The maximum Gasteiger partial charge on any atom is 0.450 e. The molecule has 0 aliphatic heterocycles. The Kier molecular flexibility index (Phi) is 7.05. The Balaban J connectivity index is 6.05. The molecular formula is C13H17F11O2. The minimum atomic E-state index is -6.45. The first-order valence-corrected chi connectivity index (χ1v) is 7.11. The minimum absolute atomic E-state index is 0.175. The topological polar surface area (TPSA) is 18.5 Å². The minimum Gasteiger partial charge on any atom is -0.303 e. The third-order valence-electron chi connectivity index (χ3n) is 3.82. The molecule has 2 nitrogen and oxygen atoms in total. The molecule has 0 spiro atoms. The van der Waals surface area contributed by atoms with E-state index in [1.165, 1.54) is 0 Å². The third-order valence-corrected chi connectivity index (χ3v) is 3.82. The quantitative estimate of drug-likeness (QED) is 0.431. The highest BCUT2D eigenvalue weighted by Gasteiger charge is 2.76. The molecule has 0 aromatic rings. The van der Waals surface area contributed by atoms with Crippen LogP contribution in [0.3, 0.4) is 0 Å². The summed E-state index contributed by atoms with van der Waals surface area (Å²) >= 11 is 0. The van der Waals surface area contributed by atoms with E-state index < -0.39 is 54.8 Å². The summed E-state index contributed by atoms with van der Waals surface area (Å²) in [5.74, 6) is -3.36. The predicted octanol–water partition coefficient (Wildman–Crippen LogP) is 6.01. The van der Waals surface area contributed by atoms with Crippen LogP contribution in [-0.2, 0) is 9.47 Å². The molecule has 0 aromatic carbocycles. The van der Waals surface area contributed by atoms with Gasteiger partial charge in [0.15, 0.2) is 0 Å². The van der Waals surface area contributed by atoms with Gasteiger partial charge in [-0.2, -0.15) is 30.7 Å². The van der Waals surface area contributed by atoms with Crippen molar-refractivity contribution < 1.29 is 57.8 Å². The predicted molar refractivity (Wildman–Crippen MR) is 66.5 cm³/mol. The fourth-order valence-corrected chi connectivity index (χ4v) is 1.80. The first-order valence-electron chi connectivity index (χ1n) is 7.11. The Hall–Kier alpha value is -0.850. The zero-order chi connectivity index (χ0) is 21.4. The van der Waals surface area contributed by atoms with E-state index in [4.69, 9.17) is 0 Å². The van der Waals surface area contributed by atoms with Gasteiger partial charge in [-0.3, -0.25) is 4.74 Å². The summed E-state index contributed by atoms with van der Waals surface area (Å²) in [5.41, 5.74) is -9.88. The Morgan fingerprint density at radius 2 is 1.08 bits per heavy atom. The highest BCUT2D eigenvalue weighted by atomic mass is 19.4. The van der Waals surface area contributed by atoms with E-state index in [0.717, 1.165) is 6.92 Å². The molecule has 158 valence electrons. The SMILES string of the molecule is CCC(C)(F)OC(F)(F)C(F)(F)OC(C)(CC)C(F)(C(F)F)C(F)(F)F. The molecule has 0 aromatic heterocycles. The first-order chi connectivity index (χ1) is 11.2. The Bertz CT molecular complexity index is 477. The molecule has 0 rings (SSSR count). The zero-order valence-electron chi connectivity index (χ0n) is 14.0. The van der Waals surface area contributed by atoms with Gasteiger partial charge in [0.2, 0.25) is 5.85 Å². The maximum atomic E-state index is 14.1. The van der Waals surface area contributed by atoms with Gasteiger partial charge in [0, 0.05) is 6.42 Å². The Morgan fingerprint density at radius 3 is 1.35 bits per heavy atom. The molecule has 0 saturated carbocycles. The van der Waals surface area contributed by atoms with Crippen LogP contribution < -0.4 is 0 Å². The lowest BCUT2D eigenvalue weighted by Gasteiger charge is -2.44. The molecule has 0 bridgehead atoms. The van der Waals surface area contributed by atoms with Crippen molar-refractivity contribution in [2.45, 2.75) is 82.5 Å². The molecule has 0 heterocycles. The summed E-state index contributed by atoms with van der Waals surface area (Å²) < 4.78 is 152. The lowest BCUT2D eigenvalue weighted by atomic mass is 9.83. The lowest BCUT2D eigenvalue weighted by molar-refractivity contribution is -0.490. The van der Waals surface area contributed by atoms with Crippen molar-refractivity contribution in [3.63, 3.8) is 0 Å². The van der Waals surface area contributed by atoms with Gasteiger partial charge in [0.25, 0.3) is 12.1 Å². The molecule has 0 saturated heterocycles. The van der Waals surface area contributed by atoms with E-state index in [-0.39, 0.29) is 6.92 Å². The maximum absolute atomic E-state index is 14.1. The fourth-order valence-electron chi connectivity index (χ4n) is 1.80. The second kappa shape index (κ2) is 7.28. The van der Waals surface area contributed by atoms with Crippen LogP contribution in [0, 0.1) is 0 Å². The number of hydrogen-bond acceptors (Lipinski definition) is 2. The van der Waals surface area contributed by atoms with Crippen molar-refractivity contribution in [3.05, 3.63) is 0 Å². The summed E-state index contributed by atoms with van der Waals surface area (Å²) in [6.45, 7) is 1.58. The number of hydrogen-bond donors (Lipinski definition) is 0. The zero-order valence-corrected chi connectivity index (χ0v) is 14.0. The fraction of sp³-hybridized carbons (Fsp3) is 1.00. The van der Waals surface area contributed by atoms with E-state index in [0.29, 0.717) is 13.8 Å². The van der Waals surface area contributed by atoms with Crippen LogP contribution in [0.1, 0.15) is 40.5 Å². The molecular weight excluding hydrogens is 397 g/mol. The summed E-state index contributed by atoms with van der Waals surface area (Å²) in [6, 6.07) is 0. The van der Waals surface area contributed by atoms with Crippen molar-refractivity contribution in [2.24, 2.45) is 0 Å². The molecule has 0 aliphatic rings. The van der Waals surface area contributed by atoms with Crippen molar-refractivity contribution in [3.8, 4) is 0 Å². The van der Waals surface area contributed by atoms with Crippen LogP contribution in [0.5, 0.6) is 0 Å². The second-order valence-corrected chi connectivity index (χ2v) is 5.79. The number of rotatable bonds is 9. The molecule has 26 heavy (non-hydrogen) atoms. The largest absolute Gasteiger partial charge is 0.450 e. The van der Waals surface area contributed by atoms with Crippen LogP contribution >= 0.6 is 0 Å². The first kappa shape index (κ1) is 25.1. The van der Waals surface area contributed by atoms with Gasteiger partial charge in [-0.15, -0.1) is 0 Å². The molecule has 3 atom stereocenters. The summed E-state index contributed by atoms with van der Waals surface area (Å²) in [4.78, 5) is 0. The van der Waals surface area contributed by atoms with Crippen molar-refractivity contribution in [1.29, 1.82) is 0 Å². The summed E-state index contributed by atoms with van der Waals surface area (Å²) in [6.07, 6.45) is -25.7. The Morgan fingerprint density at radius 1 is 0.692 bits per heavy atom. The van der Waals surface area contributed by atoms with Gasteiger partial charge in [-0.05, 0) is 20.3 Å². The number of alkyl halides is 11. The molecule has 0 radical (unpaired) electrons. The molecule has 3 unspecified atom stereocenters. The van der Waals surface area contributed by atoms with Crippen LogP contribution in [0.4, 0.5) is 48.3 Å². The average molecular weight is 414 g/mol. The number of halogens is 11. The summed E-state index contributed by atoms with van der Waals surface area (Å²) in [7, 11) is 0. The average Bonchev–Trinajstić information content (AvgIpc) is 2.42. The highest BCUT2D eigenvalue weighted by Crippen LogP contribution is 2.53. The second-order valence-electron chi connectivity index (χ2n) is 5.79. The van der Waals surface area contributed by atoms with Crippen LogP contribution in [0.2, 0.25) is 0 Å². The Labute approximate surface area is 141 Å². The molecule has 0 N–H and O–H groups in total. The normalized spacial score (nSPS) is 21.2. The molecule has 0 fully saturated rings. The smallest absolute Gasteiger partial charge is 0.303 e. The highest BCUT2D eigenvalue weighted by molar-refractivity contribution is 5.06. The van der Waals surface area contributed by atoms with E-state index in [2.05, 4.69) is 9.47 Å². The standard InChI is InChI=1S/C13H17F11O2/c1-5-8(3,10(17,7(14)15)11(18,19)20)25-12(21,22)13(23,24)26-9(4,16)6-2/h7H,5-6H2,1-4H3. The summed E-state index contributed by atoms with van der Waals surface area (Å²) in [5, 5.41) is 0. The van der Waals surface area contributed by atoms with Crippen molar-refractivity contribution >= 4 is 0 Å². The molecule has 0 aliphatic carbocycles. The van der Waals surface area contributed by atoms with Crippen LogP contribution in [0.25, 0.3) is 0 Å².